The largest absolute Gasteiger partial charge is 0.465 e. The number of furan rings is 1. The van der Waals surface area contributed by atoms with Crippen molar-refractivity contribution in [3.8, 4) is 0 Å². The molecule has 2 N–H and O–H groups in total. The summed E-state index contributed by atoms with van der Waals surface area (Å²) in [5, 5.41) is 0. The fourth-order valence-corrected chi connectivity index (χ4v) is 2.18. The predicted octanol–water partition coefficient (Wildman–Crippen LogP) is 3.53. The van der Waals surface area contributed by atoms with Crippen molar-refractivity contribution in [1.82, 2.24) is 0 Å². The fraction of sp³-hybridized carbons (Fsp3) is 0.286. The second kappa shape index (κ2) is 6.18. The van der Waals surface area contributed by atoms with Gasteiger partial charge in [0.15, 0.2) is 0 Å². The summed E-state index contributed by atoms with van der Waals surface area (Å²) in [6.07, 6.45) is 0. The summed E-state index contributed by atoms with van der Waals surface area (Å²) in [6.45, 7) is 3.48. The topological polar surface area (TPSA) is 48.4 Å². The van der Waals surface area contributed by atoms with Gasteiger partial charge in [0.1, 0.15) is 11.5 Å². The van der Waals surface area contributed by atoms with Gasteiger partial charge in [0, 0.05) is 10.0 Å². The first-order valence-corrected chi connectivity index (χ1v) is 6.59. The van der Waals surface area contributed by atoms with Crippen molar-refractivity contribution in [3.63, 3.8) is 0 Å². The van der Waals surface area contributed by atoms with Gasteiger partial charge in [-0.25, -0.2) is 0 Å². The maximum atomic E-state index is 5.68. The molecule has 1 aromatic carbocycles. The van der Waals surface area contributed by atoms with Crippen LogP contribution in [0.4, 0.5) is 0 Å². The van der Waals surface area contributed by atoms with Crippen LogP contribution in [0.2, 0.25) is 0 Å². The number of hydrogen-bond acceptors (Lipinski definition) is 3. The smallest absolute Gasteiger partial charge is 0.118 e. The van der Waals surface area contributed by atoms with E-state index in [2.05, 4.69) is 15.9 Å². The highest BCUT2D eigenvalue weighted by Gasteiger charge is 2.06. The third kappa shape index (κ3) is 3.45. The number of hydrogen-bond donors (Lipinski definition) is 1. The van der Waals surface area contributed by atoms with E-state index in [4.69, 9.17) is 14.9 Å². The fourth-order valence-electron chi connectivity index (χ4n) is 1.74. The number of ether oxygens (including phenoxy) is 1. The third-order valence-electron chi connectivity index (χ3n) is 2.69. The predicted molar refractivity (Wildman–Crippen MR) is 74.0 cm³/mol. The molecule has 4 heteroatoms. The minimum absolute atomic E-state index is 0.423. The second-order valence-corrected chi connectivity index (χ2v) is 5.04. The zero-order valence-electron chi connectivity index (χ0n) is 10.3. The molecular formula is C14H16BrNO2. The van der Waals surface area contributed by atoms with Crippen LogP contribution in [0.15, 0.2) is 39.2 Å². The number of nitrogens with two attached hydrogens (primary N) is 1. The van der Waals surface area contributed by atoms with Crippen LogP contribution >= 0.6 is 15.9 Å². The van der Waals surface area contributed by atoms with E-state index < -0.39 is 0 Å². The Balaban J connectivity index is 1.90. The van der Waals surface area contributed by atoms with Crippen molar-refractivity contribution >= 4 is 15.9 Å². The van der Waals surface area contributed by atoms with Crippen molar-refractivity contribution in [1.29, 1.82) is 0 Å². The zero-order valence-corrected chi connectivity index (χ0v) is 11.9. The van der Waals surface area contributed by atoms with Crippen molar-refractivity contribution in [2.45, 2.75) is 26.7 Å². The summed E-state index contributed by atoms with van der Waals surface area (Å²) >= 11 is 3.44. The lowest BCUT2D eigenvalue weighted by atomic mass is 10.2. The highest BCUT2D eigenvalue weighted by Crippen LogP contribution is 2.17. The molecule has 0 amide bonds. The molecule has 0 atom stereocenters. The molecule has 0 radical (unpaired) electrons. The van der Waals surface area contributed by atoms with Crippen LogP contribution in [0.25, 0.3) is 0 Å². The van der Waals surface area contributed by atoms with E-state index in [-0.39, 0.29) is 0 Å². The van der Waals surface area contributed by atoms with Crippen molar-refractivity contribution < 1.29 is 9.15 Å². The van der Waals surface area contributed by atoms with Gasteiger partial charge in [0.25, 0.3) is 0 Å². The molecule has 0 aliphatic carbocycles. The lowest BCUT2D eigenvalue weighted by Gasteiger charge is -2.04. The summed E-state index contributed by atoms with van der Waals surface area (Å²) in [5.41, 5.74) is 7.73. The Labute approximate surface area is 115 Å². The normalized spacial score (nSPS) is 10.8. The first kappa shape index (κ1) is 13.3. The lowest BCUT2D eigenvalue weighted by molar-refractivity contribution is 0.106. The molecule has 2 rings (SSSR count). The SMILES string of the molecule is Cc1oc(CN)cc1COCc1cccc(Br)c1. The Kier molecular flexibility index (Phi) is 4.58. The summed E-state index contributed by atoms with van der Waals surface area (Å²) < 4.78 is 12.2. The first-order chi connectivity index (χ1) is 8.69. The molecule has 18 heavy (non-hydrogen) atoms. The minimum Gasteiger partial charge on any atom is -0.465 e. The molecular weight excluding hydrogens is 294 g/mol. The van der Waals surface area contributed by atoms with Crippen LogP contribution in [0.3, 0.4) is 0 Å². The van der Waals surface area contributed by atoms with E-state index in [0.717, 1.165) is 27.1 Å². The van der Waals surface area contributed by atoms with Crippen LogP contribution in [-0.2, 0) is 24.5 Å². The molecule has 0 spiro atoms. The molecule has 0 saturated carbocycles. The third-order valence-corrected chi connectivity index (χ3v) is 3.18. The van der Waals surface area contributed by atoms with Crippen LogP contribution < -0.4 is 5.73 Å². The standard InChI is InChI=1S/C14H16BrNO2/c1-10-12(6-14(7-16)18-10)9-17-8-11-3-2-4-13(15)5-11/h2-6H,7-9,16H2,1H3. The van der Waals surface area contributed by atoms with Gasteiger partial charge in [0.2, 0.25) is 0 Å². The van der Waals surface area contributed by atoms with Gasteiger partial charge in [-0.2, -0.15) is 0 Å². The van der Waals surface area contributed by atoms with Gasteiger partial charge in [-0.3, -0.25) is 0 Å². The molecule has 2 aromatic rings. The summed E-state index contributed by atoms with van der Waals surface area (Å²) in [6, 6.07) is 10.0. The zero-order chi connectivity index (χ0) is 13.0. The van der Waals surface area contributed by atoms with E-state index in [9.17, 15) is 0 Å². The van der Waals surface area contributed by atoms with Gasteiger partial charge in [0.05, 0.1) is 19.8 Å². The van der Waals surface area contributed by atoms with Crippen LogP contribution in [-0.4, -0.2) is 0 Å². The Morgan fingerprint density at radius 2 is 2.11 bits per heavy atom. The monoisotopic (exact) mass is 309 g/mol. The van der Waals surface area contributed by atoms with Gasteiger partial charge < -0.3 is 14.9 Å². The van der Waals surface area contributed by atoms with Gasteiger partial charge in [-0.15, -0.1) is 0 Å². The molecule has 3 nitrogen and oxygen atoms in total. The first-order valence-electron chi connectivity index (χ1n) is 5.79. The number of aryl methyl sites for hydroxylation is 1. The summed E-state index contributed by atoms with van der Waals surface area (Å²) in [5.74, 6) is 1.68. The summed E-state index contributed by atoms with van der Waals surface area (Å²) in [4.78, 5) is 0. The molecule has 0 aliphatic rings. The minimum atomic E-state index is 0.423. The molecule has 0 bridgehead atoms. The average Bonchev–Trinajstić information content (AvgIpc) is 2.71. The van der Waals surface area contributed by atoms with Gasteiger partial charge in [-0.1, -0.05) is 28.1 Å². The van der Waals surface area contributed by atoms with E-state index in [1.807, 2.05) is 37.3 Å². The van der Waals surface area contributed by atoms with Crippen LogP contribution in [0.5, 0.6) is 0 Å². The Bertz CT molecular complexity index is 522. The molecule has 0 saturated heterocycles. The quantitative estimate of drug-likeness (QED) is 0.919. The molecule has 1 heterocycles. The number of halogens is 1. The number of benzene rings is 1. The van der Waals surface area contributed by atoms with Crippen molar-refractivity contribution in [2.24, 2.45) is 5.73 Å². The lowest BCUT2D eigenvalue weighted by Crippen LogP contribution is -1.95. The molecule has 0 unspecified atom stereocenters. The van der Waals surface area contributed by atoms with Crippen molar-refractivity contribution in [2.75, 3.05) is 0 Å². The molecule has 1 aromatic heterocycles. The maximum Gasteiger partial charge on any atom is 0.118 e. The highest BCUT2D eigenvalue weighted by atomic mass is 79.9. The van der Waals surface area contributed by atoms with Crippen LogP contribution in [0, 0.1) is 6.92 Å². The van der Waals surface area contributed by atoms with E-state index in [1.54, 1.807) is 0 Å². The van der Waals surface area contributed by atoms with E-state index >= 15 is 0 Å². The van der Waals surface area contributed by atoms with Crippen LogP contribution in [0.1, 0.15) is 22.6 Å². The number of rotatable bonds is 5. The molecule has 0 fully saturated rings. The summed E-state index contributed by atoms with van der Waals surface area (Å²) in [7, 11) is 0. The highest BCUT2D eigenvalue weighted by molar-refractivity contribution is 9.10. The van der Waals surface area contributed by atoms with Crippen molar-refractivity contribution in [3.05, 3.63) is 57.5 Å². The molecule has 0 aliphatic heterocycles. The second-order valence-electron chi connectivity index (χ2n) is 4.12. The van der Waals surface area contributed by atoms with Gasteiger partial charge in [-0.05, 0) is 30.7 Å². The van der Waals surface area contributed by atoms with E-state index in [0.29, 0.717) is 19.8 Å². The Morgan fingerprint density at radius 3 is 2.78 bits per heavy atom. The maximum absolute atomic E-state index is 5.68. The average molecular weight is 310 g/mol. The molecule has 96 valence electrons. The Morgan fingerprint density at radius 1 is 1.28 bits per heavy atom. The van der Waals surface area contributed by atoms with E-state index in [1.165, 1.54) is 0 Å². The van der Waals surface area contributed by atoms with Gasteiger partial charge >= 0.3 is 0 Å². The Hall–Kier alpha value is -1.10.